The van der Waals surface area contributed by atoms with Crippen LogP contribution in [0.25, 0.3) is 10.9 Å². The second-order valence-corrected chi connectivity index (χ2v) is 6.32. The molecule has 130 valence electrons. The third kappa shape index (κ3) is 2.92. The lowest BCUT2D eigenvalue weighted by atomic mass is 10.0. The maximum atomic E-state index is 14.6. The smallest absolute Gasteiger partial charge is 0.135 e. The summed E-state index contributed by atoms with van der Waals surface area (Å²) in [7, 11) is 1.91. The van der Waals surface area contributed by atoms with Gasteiger partial charge in [-0.15, -0.1) is 0 Å². The van der Waals surface area contributed by atoms with E-state index >= 15 is 0 Å². The Morgan fingerprint density at radius 1 is 1.08 bits per heavy atom. The molecule has 0 bridgehead atoms. The van der Waals surface area contributed by atoms with Crippen molar-refractivity contribution in [3.8, 4) is 0 Å². The number of nitrogens with one attached hydrogen (secondary N) is 1. The molecule has 0 saturated heterocycles. The van der Waals surface area contributed by atoms with Crippen molar-refractivity contribution in [2.24, 2.45) is 7.05 Å². The molecule has 0 unspecified atom stereocenters. The molecule has 0 aliphatic rings. The molecule has 4 rings (SSSR count). The highest BCUT2D eigenvalue weighted by atomic mass is 19.1. The number of aromatic nitrogens is 3. The molecule has 2 heterocycles. The van der Waals surface area contributed by atoms with Crippen molar-refractivity contribution in [1.29, 1.82) is 0 Å². The van der Waals surface area contributed by atoms with E-state index in [1.165, 1.54) is 6.07 Å². The minimum atomic E-state index is -0.415. The molecule has 0 saturated carbocycles. The summed E-state index contributed by atoms with van der Waals surface area (Å²) in [4.78, 5) is 9.03. The number of benzene rings is 2. The van der Waals surface area contributed by atoms with Gasteiger partial charge in [-0.3, -0.25) is 4.98 Å². The molecule has 0 aliphatic heterocycles. The Kier molecular flexibility index (Phi) is 4.13. The average molecular weight is 346 g/mol. The monoisotopic (exact) mass is 346 g/mol. The Morgan fingerprint density at radius 2 is 1.85 bits per heavy atom. The normalized spacial score (nSPS) is 12.3. The van der Waals surface area contributed by atoms with Gasteiger partial charge in [0.25, 0.3) is 0 Å². The molecule has 2 aromatic heterocycles. The van der Waals surface area contributed by atoms with Crippen molar-refractivity contribution in [3.05, 3.63) is 89.9 Å². The molecule has 0 amide bonds. The third-order valence-electron chi connectivity index (χ3n) is 4.48. The van der Waals surface area contributed by atoms with Gasteiger partial charge in [0.05, 0.1) is 5.52 Å². The number of para-hydroxylation sites is 1. The molecule has 4 aromatic rings. The highest BCUT2D eigenvalue weighted by Gasteiger charge is 2.22. The van der Waals surface area contributed by atoms with Gasteiger partial charge in [-0.05, 0) is 25.1 Å². The summed E-state index contributed by atoms with van der Waals surface area (Å²) in [5.74, 6) is 0.483. The van der Waals surface area contributed by atoms with E-state index in [2.05, 4.69) is 15.3 Å². The minimum Gasteiger partial charge on any atom is -0.371 e. The molecule has 5 heteroatoms. The van der Waals surface area contributed by atoms with E-state index in [0.29, 0.717) is 5.56 Å². The first kappa shape index (κ1) is 16.3. The maximum Gasteiger partial charge on any atom is 0.135 e. The summed E-state index contributed by atoms with van der Waals surface area (Å²) in [5, 5.41) is 4.49. The highest BCUT2D eigenvalue weighted by molar-refractivity contribution is 5.91. The SMILES string of the molecule is Cc1cc(N[C@@H](c2ccccc2F)c2nccn2C)c2ccccc2n1. The van der Waals surface area contributed by atoms with Crippen LogP contribution >= 0.6 is 0 Å². The van der Waals surface area contributed by atoms with Gasteiger partial charge in [0.2, 0.25) is 0 Å². The lowest BCUT2D eigenvalue weighted by Gasteiger charge is -2.22. The molecule has 0 radical (unpaired) electrons. The zero-order valence-corrected chi connectivity index (χ0v) is 14.6. The Balaban J connectivity index is 1.87. The molecular weight excluding hydrogens is 327 g/mol. The van der Waals surface area contributed by atoms with Gasteiger partial charge in [0.15, 0.2) is 0 Å². The summed E-state index contributed by atoms with van der Waals surface area (Å²) >= 11 is 0. The minimum absolute atomic E-state index is 0.261. The standard InChI is InChI=1S/C21H19FN4/c1-14-13-19(16-8-4-6-10-18(16)24-14)25-20(21-23-11-12-26(21)2)15-7-3-5-9-17(15)22/h3-13,20H,1-2H3,(H,24,25)/t20-/m0/s1. The fourth-order valence-electron chi connectivity index (χ4n) is 3.23. The van der Waals surface area contributed by atoms with E-state index in [4.69, 9.17) is 0 Å². The van der Waals surface area contributed by atoms with Crippen LogP contribution < -0.4 is 5.32 Å². The predicted octanol–water partition coefficient (Wildman–Crippen LogP) is 4.62. The van der Waals surface area contributed by atoms with E-state index in [1.807, 2.05) is 61.1 Å². The first-order valence-corrected chi connectivity index (χ1v) is 8.48. The van der Waals surface area contributed by atoms with Crippen molar-refractivity contribution in [2.45, 2.75) is 13.0 Å². The van der Waals surface area contributed by atoms with Crippen LogP contribution in [0, 0.1) is 12.7 Å². The van der Waals surface area contributed by atoms with Crippen LogP contribution in [0.4, 0.5) is 10.1 Å². The summed E-state index contributed by atoms with van der Waals surface area (Å²) < 4.78 is 16.5. The van der Waals surface area contributed by atoms with Crippen LogP contribution in [-0.4, -0.2) is 14.5 Å². The maximum absolute atomic E-state index is 14.6. The number of hydrogen-bond donors (Lipinski definition) is 1. The van der Waals surface area contributed by atoms with Crippen molar-refractivity contribution in [1.82, 2.24) is 14.5 Å². The molecule has 0 spiro atoms. The van der Waals surface area contributed by atoms with Crippen LogP contribution in [0.1, 0.15) is 23.1 Å². The summed E-state index contributed by atoms with van der Waals surface area (Å²) in [5.41, 5.74) is 3.27. The third-order valence-corrected chi connectivity index (χ3v) is 4.48. The summed E-state index contributed by atoms with van der Waals surface area (Å²) in [6, 6.07) is 16.3. The molecule has 1 atom stereocenters. The zero-order valence-electron chi connectivity index (χ0n) is 14.6. The van der Waals surface area contributed by atoms with Gasteiger partial charge in [-0.25, -0.2) is 9.37 Å². The molecule has 0 aliphatic carbocycles. The van der Waals surface area contributed by atoms with Gasteiger partial charge in [0.1, 0.15) is 17.7 Å². The second kappa shape index (κ2) is 6.59. The number of anilines is 1. The predicted molar refractivity (Wildman–Crippen MR) is 102 cm³/mol. The zero-order chi connectivity index (χ0) is 18.1. The first-order valence-electron chi connectivity index (χ1n) is 8.48. The van der Waals surface area contributed by atoms with Crippen LogP contribution in [0.15, 0.2) is 67.0 Å². The first-order chi connectivity index (χ1) is 12.6. The molecule has 26 heavy (non-hydrogen) atoms. The van der Waals surface area contributed by atoms with Crippen LogP contribution in [-0.2, 0) is 7.05 Å². The van der Waals surface area contributed by atoms with Crippen molar-refractivity contribution in [2.75, 3.05) is 5.32 Å². The van der Waals surface area contributed by atoms with E-state index < -0.39 is 6.04 Å². The molecule has 2 aromatic carbocycles. The van der Waals surface area contributed by atoms with E-state index in [9.17, 15) is 4.39 Å². The van der Waals surface area contributed by atoms with Crippen LogP contribution in [0.5, 0.6) is 0 Å². The van der Waals surface area contributed by atoms with E-state index in [0.717, 1.165) is 28.1 Å². The number of rotatable bonds is 4. The number of pyridine rings is 1. The van der Waals surface area contributed by atoms with Gasteiger partial charge >= 0.3 is 0 Å². The molecule has 1 N–H and O–H groups in total. The Bertz CT molecular complexity index is 1070. The van der Waals surface area contributed by atoms with Crippen LogP contribution in [0.3, 0.4) is 0 Å². The van der Waals surface area contributed by atoms with E-state index in [1.54, 1.807) is 18.3 Å². The van der Waals surface area contributed by atoms with Gasteiger partial charge in [-0.2, -0.15) is 0 Å². The fraction of sp³-hybridized carbons (Fsp3) is 0.143. The second-order valence-electron chi connectivity index (χ2n) is 6.32. The van der Waals surface area contributed by atoms with Crippen molar-refractivity contribution in [3.63, 3.8) is 0 Å². The number of hydrogen-bond acceptors (Lipinski definition) is 3. The summed E-state index contributed by atoms with van der Waals surface area (Å²) in [6.07, 6.45) is 3.58. The van der Waals surface area contributed by atoms with E-state index in [-0.39, 0.29) is 5.82 Å². The largest absolute Gasteiger partial charge is 0.371 e. The van der Waals surface area contributed by atoms with Crippen molar-refractivity contribution >= 4 is 16.6 Å². The van der Waals surface area contributed by atoms with Crippen LogP contribution in [0.2, 0.25) is 0 Å². The number of imidazole rings is 1. The Hall–Kier alpha value is -3.21. The van der Waals surface area contributed by atoms with Gasteiger partial charge < -0.3 is 9.88 Å². The molecular formula is C21H19FN4. The number of halogens is 1. The molecule has 0 fully saturated rings. The topological polar surface area (TPSA) is 42.7 Å². The highest BCUT2D eigenvalue weighted by Crippen LogP contribution is 2.31. The fourth-order valence-corrected chi connectivity index (χ4v) is 3.23. The Morgan fingerprint density at radius 3 is 2.62 bits per heavy atom. The quantitative estimate of drug-likeness (QED) is 0.586. The molecule has 4 nitrogen and oxygen atoms in total. The lowest BCUT2D eigenvalue weighted by Crippen LogP contribution is -2.18. The Labute approximate surface area is 151 Å². The van der Waals surface area contributed by atoms with Gasteiger partial charge in [0, 0.05) is 41.8 Å². The lowest BCUT2D eigenvalue weighted by molar-refractivity contribution is 0.596. The summed E-state index contributed by atoms with van der Waals surface area (Å²) in [6.45, 7) is 1.95. The average Bonchev–Trinajstić information content (AvgIpc) is 3.06. The van der Waals surface area contributed by atoms with Gasteiger partial charge in [-0.1, -0.05) is 36.4 Å². The van der Waals surface area contributed by atoms with Crippen molar-refractivity contribution < 1.29 is 4.39 Å². The number of aryl methyl sites for hydroxylation is 2. The number of fused-ring (bicyclic) bond motifs is 1. The number of nitrogens with zero attached hydrogens (tertiary/aromatic N) is 3.